The fourth-order valence-electron chi connectivity index (χ4n) is 2.86. The number of anilines is 1. The number of halogens is 1. The van der Waals surface area contributed by atoms with Crippen LogP contribution in [0.1, 0.15) is 15.9 Å². The predicted molar refractivity (Wildman–Crippen MR) is 110 cm³/mol. The predicted octanol–water partition coefficient (Wildman–Crippen LogP) is 3.30. The summed E-state index contributed by atoms with van der Waals surface area (Å²) in [6, 6.07) is 13.2. The lowest BCUT2D eigenvalue weighted by atomic mass is 10.1. The summed E-state index contributed by atoms with van der Waals surface area (Å²) in [4.78, 5) is 18.0. The second-order valence-corrected chi connectivity index (χ2v) is 8.16. The molecular weight excluding hydrogens is 409 g/mol. The summed E-state index contributed by atoms with van der Waals surface area (Å²) in [5, 5.41) is 0. The zero-order valence-corrected chi connectivity index (χ0v) is 17.2. The SMILES string of the molecule is COc1cncc(NS(=O)(=O)c2ccccc2C(=O)N(C)Cc2cccc(F)c2)c1. The van der Waals surface area contributed by atoms with E-state index in [2.05, 4.69) is 9.71 Å². The summed E-state index contributed by atoms with van der Waals surface area (Å²) in [7, 11) is -1.11. The Labute approximate surface area is 174 Å². The number of pyridine rings is 1. The fraction of sp³-hybridized carbons (Fsp3) is 0.143. The zero-order chi connectivity index (χ0) is 21.7. The third kappa shape index (κ3) is 4.93. The van der Waals surface area contributed by atoms with Gasteiger partial charge in [0, 0.05) is 19.7 Å². The highest BCUT2D eigenvalue weighted by Gasteiger charge is 2.24. The molecule has 0 aliphatic carbocycles. The Kier molecular flexibility index (Phi) is 6.31. The van der Waals surface area contributed by atoms with Crippen molar-refractivity contribution in [3.8, 4) is 5.75 Å². The molecule has 2 aromatic carbocycles. The van der Waals surface area contributed by atoms with Gasteiger partial charge in [-0.05, 0) is 29.8 Å². The highest BCUT2D eigenvalue weighted by Crippen LogP contribution is 2.23. The van der Waals surface area contributed by atoms with E-state index >= 15 is 0 Å². The number of benzene rings is 2. The van der Waals surface area contributed by atoms with E-state index in [0.29, 0.717) is 11.3 Å². The first kappa shape index (κ1) is 21.3. The van der Waals surface area contributed by atoms with Crippen LogP contribution in [0.4, 0.5) is 10.1 Å². The molecule has 0 unspecified atom stereocenters. The molecule has 0 fully saturated rings. The lowest BCUT2D eigenvalue weighted by Gasteiger charge is -2.19. The molecule has 3 aromatic rings. The van der Waals surface area contributed by atoms with E-state index in [-0.39, 0.29) is 22.7 Å². The minimum absolute atomic E-state index is 0.000224. The second kappa shape index (κ2) is 8.91. The molecule has 0 aliphatic heterocycles. The zero-order valence-electron chi connectivity index (χ0n) is 16.4. The van der Waals surface area contributed by atoms with Gasteiger partial charge in [-0.1, -0.05) is 24.3 Å². The maximum Gasteiger partial charge on any atom is 0.262 e. The van der Waals surface area contributed by atoms with Crippen molar-refractivity contribution in [2.24, 2.45) is 0 Å². The molecule has 9 heteroatoms. The summed E-state index contributed by atoms with van der Waals surface area (Å²) in [6.45, 7) is 0.123. The summed E-state index contributed by atoms with van der Waals surface area (Å²) in [5.41, 5.74) is 0.788. The van der Waals surface area contributed by atoms with Crippen molar-refractivity contribution in [1.29, 1.82) is 0 Å². The topological polar surface area (TPSA) is 88.6 Å². The molecule has 1 amide bonds. The van der Waals surface area contributed by atoms with Gasteiger partial charge in [-0.15, -0.1) is 0 Å². The molecule has 1 N–H and O–H groups in total. The van der Waals surface area contributed by atoms with Crippen molar-refractivity contribution in [1.82, 2.24) is 9.88 Å². The maximum absolute atomic E-state index is 13.4. The summed E-state index contributed by atoms with van der Waals surface area (Å²) >= 11 is 0. The molecule has 30 heavy (non-hydrogen) atoms. The number of sulfonamides is 1. The molecule has 7 nitrogen and oxygen atoms in total. The number of nitrogens with zero attached hydrogens (tertiary/aromatic N) is 2. The van der Waals surface area contributed by atoms with Crippen LogP contribution in [-0.4, -0.2) is 38.4 Å². The van der Waals surface area contributed by atoms with Gasteiger partial charge in [0.1, 0.15) is 16.5 Å². The number of amides is 1. The van der Waals surface area contributed by atoms with E-state index in [1.54, 1.807) is 18.2 Å². The van der Waals surface area contributed by atoms with Crippen LogP contribution in [0.5, 0.6) is 5.75 Å². The van der Waals surface area contributed by atoms with Gasteiger partial charge in [0.25, 0.3) is 15.9 Å². The summed E-state index contributed by atoms with van der Waals surface area (Å²) in [6.07, 6.45) is 2.78. The third-order valence-electron chi connectivity index (χ3n) is 4.26. The molecular formula is C21H20FN3O4S. The Balaban J connectivity index is 1.87. The Hall–Kier alpha value is -3.46. The molecule has 0 bridgehead atoms. The van der Waals surface area contributed by atoms with Gasteiger partial charge in [0.15, 0.2) is 0 Å². The van der Waals surface area contributed by atoms with E-state index in [1.807, 2.05) is 0 Å². The van der Waals surface area contributed by atoms with Crippen molar-refractivity contribution < 1.29 is 22.3 Å². The van der Waals surface area contributed by atoms with Crippen molar-refractivity contribution in [3.05, 3.63) is 83.9 Å². The van der Waals surface area contributed by atoms with Gasteiger partial charge in [0.2, 0.25) is 0 Å². The van der Waals surface area contributed by atoms with Crippen LogP contribution in [0.15, 0.2) is 71.9 Å². The molecule has 0 radical (unpaired) electrons. The summed E-state index contributed by atoms with van der Waals surface area (Å²) in [5.74, 6) is -0.536. The number of carbonyl (C=O) groups is 1. The minimum Gasteiger partial charge on any atom is -0.495 e. The first-order valence-electron chi connectivity index (χ1n) is 8.91. The lowest BCUT2D eigenvalue weighted by molar-refractivity contribution is 0.0781. The van der Waals surface area contributed by atoms with E-state index in [4.69, 9.17) is 4.74 Å². The first-order chi connectivity index (χ1) is 14.3. The van der Waals surface area contributed by atoms with Gasteiger partial charge in [-0.25, -0.2) is 12.8 Å². The molecule has 0 saturated heterocycles. The van der Waals surface area contributed by atoms with Crippen LogP contribution in [-0.2, 0) is 16.6 Å². The fourth-order valence-corrected chi connectivity index (χ4v) is 4.10. The van der Waals surface area contributed by atoms with Crippen molar-refractivity contribution in [2.75, 3.05) is 18.9 Å². The quantitative estimate of drug-likeness (QED) is 0.623. The number of carbonyl (C=O) groups excluding carboxylic acids is 1. The number of hydrogen-bond donors (Lipinski definition) is 1. The number of ether oxygens (including phenoxy) is 1. The van der Waals surface area contributed by atoms with Gasteiger partial charge in [-0.2, -0.15) is 0 Å². The van der Waals surface area contributed by atoms with Crippen molar-refractivity contribution >= 4 is 21.6 Å². The Morgan fingerprint density at radius 3 is 2.63 bits per heavy atom. The molecule has 0 aliphatic rings. The molecule has 0 spiro atoms. The Morgan fingerprint density at radius 1 is 1.13 bits per heavy atom. The van der Waals surface area contributed by atoms with Gasteiger partial charge >= 0.3 is 0 Å². The van der Waals surface area contributed by atoms with Crippen LogP contribution in [0.25, 0.3) is 0 Å². The van der Waals surface area contributed by atoms with Crippen LogP contribution in [0, 0.1) is 5.82 Å². The van der Waals surface area contributed by atoms with Crippen LogP contribution < -0.4 is 9.46 Å². The standard InChI is InChI=1S/C21H20FN3O4S/c1-25(14-15-6-5-7-16(22)10-15)21(26)19-8-3-4-9-20(19)30(27,28)24-17-11-18(29-2)13-23-12-17/h3-13,24H,14H2,1-2H3. The van der Waals surface area contributed by atoms with E-state index in [1.165, 1.54) is 67.8 Å². The van der Waals surface area contributed by atoms with E-state index in [0.717, 1.165) is 0 Å². The Bertz CT molecular complexity index is 1170. The van der Waals surface area contributed by atoms with Crippen molar-refractivity contribution in [2.45, 2.75) is 11.4 Å². The molecule has 156 valence electrons. The Morgan fingerprint density at radius 2 is 1.90 bits per heavy atom. The third-order valence-corrected chi connectivity index (χ3v) is 5.70. The average Bonchev–Trinajstić information content (AvgIpc) is 2.73. The van der Waals surface area contributed by atoms with Gasteiger partial charge in [0.05, 0.1) is 30.8 Å². The van der Waals surface area contributed by atoms with E-state index < -0.39 is 21.7 Å². The van der Waals surface area contributed by atoms with Gasteiger partial charge < -0.3 is 9.64 Å². The number of rotatable bonds is 7. The molecule has 0 saturated carbocycles. The summed E-state index contributed by atoms with van der Waals surface area (Å²) < 4.78 is 46.8. The van der Waals surface area contributed by atoms with Crippen molar-refractivity contribution in [3.63, 3.8) is 0 Å². The van der Waals surface area contributed by atoms with Crippen LogP contribution >= 0.6 is 0 Å². The molecule has 1 aromatic heterocycles. The molecule has 0 atom stereocenters. The smallest absolute Gasteiger partial charge is 0.262 e. The highest BCUT2D eigenvalue weighted by atomic mass is 32.2. The molecule has 3 rings (SSSR count). The van der Waals surface area contributed by atoms with Crippen LogP contribution in [0.3, 0.4) is 0 Å². The van der Waals surface area contributed by atoms with E-state index in [9.17, 15) is 17.6 Å². The number of hydrogen-bond acceptors (Lipinski definition) is 5. The monoisotopic (exact) mass is 429 g/mol. The number of nitrogens with one attached hydrogen (secondary N) is 1. The maximum atomic E-state index is 13.4. The second-order valence-electron chi connectivity index (χ2n) is 6.51. The number of methoxy groups -OCH3 is 1. The van der Waals surface area contributed by atoms with Gasteiger partial charge in [-0.3, -0.25) is 14.5 Å². The number of aromatic nitrogens is 1. The minimum atomic E-state index is -4.08. The normalized spacial score (nSPS) is 11.0. The average molecular weight is 429 g/mol. The molecule has 1 heterocycles. The van der Waals surface area contributed by atoms with Crippen LogP contribution in [0.2, 0.25) is 0 Å². The highest BCUT2D eigenvalue weighted by molar-refractivity contribution is 7.92. The largest absolute Gasteiger partial charge is 0.495 e. The lowest BCUT2D eigenvalue weighted by Crippen LogP contribution is -2.28. The first-order valence-corrected chi connectivity index (χ1v) is 10.4.